The van der Waals surface area contributed by atoms with E-state index in [2.05, 4.69) is 0 Å². The lowest BCUT2D eigenvalue weighted by molar-refractivity contribution is -0.129. The van der Waals surface area contributed by atoms with Crippen LogP contribution in [0.2, 0.25) is 0 Å². The summed E-state index contributed by atoms with van der Waals surface area (Å²) < 4.78 is 5.13. The minimum Gasteiger partial charge on any atom is -0.381 e. The van der Waals surface area contributed by atoms with Crippen molar-refractivity contribution < 1.29 is 9.53 Å². The molecule has 1 heterocycles. The molecule has 1 rings (SSSR count). The van der Waals surface area contributed by atoms with Gasteiger partial charge in [-0.1, -0.05) is 0 Å². The number of nitrogens with zero attached hydrogens (tertiary/aromatic N) is 1. The highest BCUT2D eigenvalue weighted by Crippen LogP contribution is 2.11. The van der Waals surface area contributed by atoms with Gasteiger partial charge in [-0.3, -0.25) is 4.79 Å². The molecule has 11 heavy (non-hydrogen) atoms. The third-order valence-electron chi connectivity index (χ3n) is 2.02. The van der Waals surface area contributed by atoms with Gasteiger partial charge in [0.15, 0.2) is 0 Å². The lowest BCUT2D eigenvalue weighted by Gasteiger charge is -2.29. The van der Waals surface area contributed by atoms with E-state index in [0.29, 0.717) is 0 Å². The van der Waals surface area contributed by atoms with Crippen molar-refractivity contribution in [2.24, 2.45) is 0 Å². The average Bonchev–Trinajstić information content (AvgIpc) is 2.05. The van der Waals surface area contributed by atoms with Crippen LogP contribution in [0.15, 0.2) is 0 Å². The van der Waals surface area contributed by atoms with E-state index >= 15 is 0 Å². The van der Waals surface area contributed by atoms with Gasteiger partial charge in [-0.2, -0.15) is 0 Å². The van der Waals surface area contributed by atoms with E-state index in [-0.39, 0.29) is 12.0 Å². The molecule has 0 saturated carbocycles. The average molecular weight is 156 g/mol. The molecule has 0 aromatic carbocycles. The highest BCUT2D eigenvalue weighted by atomic mass is 16.5. The largest absolute Gasteiger partial charge is 0.381 e. The number of hydrogen-bond donors (Lipinski definition) is 0. The van der Waals surface area contributed by atoms with Gasteiger partial charge in [-0.25, -0.2) is 0 Å². The zero-order valence-corrected chi connectivity index (χ0v) is 7.04. The lowest BCUT2D eigenvalue weighted by atomic mass is 10.1. The molecule has 0 bridgehead atoms. The van der Waals surface area contributed by atoms with Crippen molar-refractivity contribution in [2.75, 3.05) is 20.2 Å². The van der Waals surface area contributed by atoms with Crippen molar-refractivity contribution in [3.63, 3.8) is 0 Å². The first kappa shape index (κ1) is 8.53. The van der Waals surface area contributed by atoms with Crippen molar-refractivity contribution in [3.8, 4) is 0 Å². The van der Waals surface area contributed by atoms with Gasteiger partial charge < -0.3 is 9.64 Å². The first-order valence-corrected chi connectivity index (χ1v) is 3.85. The molecule has 1 saturated heterocycles. The Morgan fingerprint density at radius 3 is 2.82 bits per heavy atom. The van der Waals surface area contributed by atoms with E-state index in [1.807, 2.05) is 11.3 Å². The second-order valence-electron chi connectivity index (χ2n) is 2.76. The van der Waals surface area contributed by atoms with Crippen molar-refractivity contribution in [2.45, 2.75) is 19.4 Å². The predicted octanol–water partition coefficient (Wildman–Crippen LogP) is 0.458. The molecular formula is C8H14NO2. The van der Waals surface area contributed by atoms with E-state index in [4.69, 9.17) is 4.74 Å². The minimum absolute atomic E-state index is 0.149. The van der Waals surface area contributed by atoms with Gasteiger partial charge in [0.1, 0.15) is 0 Å². The summed E-state index contributed by atoms with van der Waals surface area (Å²) in [7, 11) is 1.70. The van der Waals surface area contributed by atoms with Gasteiger partial charge in [0.05, 0.1) is 6.10 Å². The SMILES string of the molecule is COC1[CH]CN(C(C)=O)CC1. The topological polar surface area (TPSA) is 29.5 Å². The Hall–Kier alpha value is -0.570. The fourth-order valence-electron chi connectivity index (χ4n) is 1.24. The van der Waals surface area contributed by atoms with Crippen LogP contribution in [-0.2, 0) is 9.53 Å². The zero-order chi connectivity index (χ0) is 8.27. The van der Waals surface area contributed by atoms with Crippen molar-refractivity contribution >= 4 is 5.91 Å². The summed E-state index contributed by atoms with van der Waals surface area (Å²) in [5.74, 6) is 0.149. The molecule has 1 atom stereocenters. The number of rotatable bonds is 1. The van der Waals surface area contributed by atoms with Gasteiger partial charge in [0, 0.05) is 33.5 Å². The van der Waals surface area contributed by atoms with Gasteiger partial charge >= 0.3 is 0 Å². The molecule has 3 nitrogen and oxygen atoms in total. The summed E-state index contributed by atoms with van der Waals surface area (Å²) in [6.07, 6.45) is 3.20. The van der Waals surface area contributed by atoms with E-state index in [1.54, 1.807) is 14.0 Å². The number of ether oxygens (including phenoxy) is 1. The Morgan fingerprint density at radius 2 is 2.45 bits per heavy atom. The Morgan fingerprint density at radius 1 is 1.73 bits per heavy atom. The van der Waals surface area contributed by atoms with E-state index in [9.17, 15) is 4.79 Å². The minimum atomic E-state index is 0.149. The van der Waals surface area contributed by atoms with Gasteiger partial charge in [-0.05, 0) is 6.42 Å². The highest BCUT2D eigenvalue weighted by molar-refractivity contribution is 5.73. The molecule has 0 N–H and O–H groups in total. The summed E-state index contributed by atoms with van der Waals surface area (Å²) in [6, 6.07) is 0. The summed E-state index contributed by atoms with van der Waals surface area (Å²) in [5, 5.41) is 0. The summed E-state index contributed by atoms with van der Waals surface area (Å²) in [4.78, 5) is 12.7. The standard InChI is InChI=1S/C8H14NO2/c1-7(10)9-5-3-8(11-2)4-6-9/h3,8H,4-6H2,1-2H3. The van der Waals surface area contributed by atoms with E-state index in [1.165, 1.54) is 0 Å². The Labute approximate surface area is 67.3 Å². The first-order chi connectivity index (χ1) is 5.24. The van der Waals surface area contributed by atoms with Crippen LogP contribution in [0.25, 0.3) is 0 Å². The summed E-state index contributed by atoms with van der Waals surface area (Å²) in [5.41, 5.74) is 0. The maximum atomic E-state index is 10.9. The van der Waals surface area contributed by atoms with Crippen LogP contribution in [0.4, 0.5) is 0 Å². The van der Waals surface area contributed by atoms with Crippen LogP contribution in [0.3, 0.4) is 0 Å². The summed E-state index contributed by atoms with van der Waals surface area (Å²) >= 11 is 0. The Kier molecular flexibility index (Phi) is 2.88. The fraction of sp³-hybridized carbons (Fsp3) is 0.750. The molecule has 0 aromatic rings. The molecule has 63 valence electrons. The molecule has 0 spiro atoms. The molecule has 1 aliphatic heterocycles. The third-order valence-corrected chi connectivity index (χ3v) is 2.02. The van der Waals surface area contributed by atoms with Gasteiger partial charge in [0.2, 0.25) is 5.91 Å². The summed E-state index contributed by atoms with van der Waals surface area (Å²) in [6.45, 7) is 3.15. The molecule has 1 amide bonds. The molecule has 3 heteroatoms. The second kappa shape index (κ2) is 3.72. The maximum Gasteiger partial charge on any atom is 0.219 e. The highest BCUT2D eigenvalue weighted by Gasteiger charge is 2.19. The van der Waals surface area contributed by atoms with E-state index < -0.39 is 0 Å². The number of carbonyl (C=O) groups excluding carboxylic acids is 1. The first-order valence-electron chi connectivity index (χ1n) is 3.85. The lowest BCUT2D eigenvalue weighted by Crippen LogP contribution is -2.39. The zero-order valence-electron chi connectivity index (χ0n) is 7.04. The number of methoxy groups -OCH3 is 1. The van der Waals surface area contributed by atoms with Crippen LogP contribution in [0.1, 0.15) is 13.3 Å². The van der Waals surface area contributed by atoms with Crippen molar-refractivity contribution in [3.05, 3.63) is 6.42 Å². The predicted molar refractivity (Wildman–Crippen MR) is 42.0 cm³/mol. The number of likely N-dealkylation sites (tertiary alicyclic amines) is 1. The molecule has 1 aliphatic rings. The Bertz CT molecular complexity index is 139. The molecule has 1 unspecified atom stereocenters. The molecule has 0 aromatic heterocycles. The molecule has 1 radical (unpaired) electrons. The maximum absolute atomic E-state index is 10.9. The van der Waals surface area contributed by atoms with Crippen LogP contribution >= 0.6 is 0 Å². The monoisotopic (exact) mass is 156 g/mol. The van der Waals surface area contributed by atoms with Crippen LogP contribution in [0, 0.1) is 6.42 Å². The van der Waals surface area contributed by atoms with Crippen molar-refractivity contribution in [1.29, 1.82) is 0 Å². The van der Waals surface area contributed by atoms with Crippen LogP contribution in [-0.4, -0.2) is 37.1 Å². The number of hydrogen-bond acceptors (Lipinski definition) is 2. The number of amides is 1. The van der Waals surface area contributed by atoms with Crippen LogP contribution < -0.4 is 0 Å². The third kappa shape index (κ3) is 2.19. The Balaban J connectivity index is 2.30. The number of carbonyl (C=O) groups is 1. The molecular weight excluding hydrogens is 142 g/mol. The molecule has 0 aliphatic carbocycles. The normalized spacial score (nSPS) is 20.4. The van der Waals surface area contributed by atoms with Gasteiger partial charge in [-0.15, -0.1) is 0 Å². The smallest absolute Gasteiger partial charge is 0.219 e. The second-order valence-corrected chi connectivity index (χ2v) is 2.76. The quantitative estimate of drug-likeness (QED) is 0.552. The van der Waals surface area contributed by atoms with Crippen molar-refractivity contribution in [1.82, 2.24) is 4.90 Å². The molecule has 1 fully saturated rings. The van der Waals surface area contributed by atoms with Crippen LogP contribution in [0.5, 0.6) is 0 Å². The van der Waals surface area contributed by atoms with E-state index in [0.717, 1.165) is 19.5 Å². The number of piperidine rings is 1. The van der Waals surface area contributed by atoms with Gasteiger partial charge in [0.25, 0.3) is 0 Å². The fourth-order valence-corrected chi connectivity index (χ4v) is 1.24.